The van der Waals surface area contributed by atoms with Crippen molar-refractivity contribution in [3.8, 4) is 5.75 Å². The van der Waals surface area contributed by atoms with Crippen molar-refractivity contribution in [2.75, 3.05) is 12.8 Å². The van der Waals surface area contributed by atoms with E-state index in [2.05, 4.69) is 0 Å². The molecule has 0 radical (unpaired) electrons. The van der Waals surface area contributed by atoms with Crippen LogP contribution in [0, 0.1) is 0 Å². The normalized spacial score (nSPS) is 14.4. The van der Waals surface area contributed by atoms with Crippen molar-refractivity contribution in [2.24, 2.45) is 0 Å². The first-order chi connectivity index (χ1) is 9.54. The number of benzene rings is 1. The summed E-state index contributed by atoms with van der Waals surface area (Å²) in [5.74, 6) is -0.636. The van der Waals surface area contributed by atoms with Crippen LogP contribution in [0.3, 0.4) is 0 Å². The topological polar surface area (TPSA) is 57.6 Å². The maximum atomic E-state index is 12.1. The van der Waals surface area contributed by atoms with Gasteiger partial charge in [-0.05, 0) is 19.4 Å². The molecule has 1 rings (SSSR count). The zero-order valence-corrected chi connectivity index (χ0v) is 12.6. The molecule has 1 aromatic carbocycles. The van der Waals surface area contributed by atoms with E-state index in [4.69, 9.17) is 0 Å². The minimum Gasteiger partial charge on any atom is -0.508 e. The number of halogens is 3. The Morgan fingerprint density at radius 1 is 1.29 bits per heavy atom. The van der Waals surface area contributed by atoms with Gasteiger partial charge in [0.2, 0.25) is 10.0 Å². The predicted molar refractivity (Wildman–Crippen MR) is 73.4 cm³/mol. The van der Waals surface area contributed by atoms with Crippen LogP contribution in [0.25, 0.3) is 0 Å². The van der Waals surface area contributed by atoms with Gasteiger partial charge in [0, 0.05) is 19.0 Å². The second-order valence-corrected chi connectivity index (χ2v) is 6.93. The highest BCUT2D eigenvalue weighted by Crippen LogP contribution is 2.29. The van der Waals surface area contributed by atoms with Gasteiger partial charge in [-0.2, -0.15) is 17.5 Å². The van der Waals surface area contributed by atoms with Crippen LogP contribution in [0.1, 0.15) is 31.4 Å². The lowest BCUT2D eigenvalue weighted by atomic mass is 10.1. The Morgan fingerprint density at radius 2 is 1.86 bits per heavy atom. The second-order valence-electron chi connectivity index (χ2n) is 4.79. The van der Waals surface area contributed by atoms with E-state index in [9.17, 15) is 26.7 Å². The maximum Gasteiger partial charge on any atom is 0.389 e. The number of hydrogen-bond acceptors (Lipinski definition) is 3. The minimum absolute atomic E-state index is 0.0534. The van der Waals surface area contributed by atoms with Gasteiger partial charge in [-0.1, -0.05) is 18.2 Å². The Bertz CT molecular complexity index is 572. The molecule has 0 aromatic heterocycles. The summed E-state index contributed by atoms with van der Waals surface area (Å²) in [4.78, 5) is 0. The third-order valence-corrected chi connectivity index (χ3v) is 5.23. The molecule has 1 unspecified atom stereocenters. The van der Waals surface area contributed by atoms with Gasteiger partial charge in [0.05, 0.1) is 11.8 Å². The largest absolute Gasteiger partial charge is 0.508 e. The summed E-state index contributed by atoms with van der Waals surface area (Å²) >= 11 is 0. The number of rotatable bonds is 6. The smallest absolute Gasteiger partial charge is 0.389 e. The molecule has 1 N–H and O–H groups in total. The highest BCUT2D eigenvalue weighted by molar-refractivity contribution is 7.89. The van der Waals surface area contributed by atoms with Gasteiger partial charge < -0.3 is 5.11 Å². The van der Waals surface area contributed by atoms with Crippen LogP contribution >= 0.6 is 0 Å². The van der Waals surface area contributed by atoms with Crippen molar-refractivity contribution in [1.29, 1.82) is 0 Å². The molecule has 1 atom stereocenters. The fourth-order valence-corrected chi connectivity index (χ4v) is 3.27. The maximum absolute atomic E-state index is 12.1. The monoisotopic (exact) mass is 325 g/mol. The highest BCUT2D eigenvalue weighted by atomic mass is 32.2. The van der Waals surface area contributed by atoms with Crippen molar-refractivity contribution < 1.29 is 26.7 Å². The lowest BCUT2D eigenvalue weighted by Gasteiger charge is -2.25. The van der Waals surface area contributed by atoms with Crippen LogP contribution in [0.15, 0.2) is 24.3 Å². The van der Waals surface area contributed by atoms with E-state index in [1.54, 1.807) is 25.1 Å². The van der Waals surface area contributed by atoms with Crippen LogP contribution in [-0.2, 0) is 10.0 Å². The van der Waals surface area contributed by atoms with Crippen LogP contribution < -0.4 is 0 Å². The Morgan fingerprint density at radius 3 is 2.38 bits per heavy atom. The van der Waals surface area contributed by atoms with Crippen molar-refractivity contribution in [2.45, 2.75) is 32.0 Å². The molecule has 120 valence electrons. The Kier molecular flexibility index (Phi) is 5.63. The van der Waals surface area contributed by atoms with Crippen LogP contribution in [-0.4, -0.2) is 36.8 Å². The summed E-state index contributed by atoms with van der Waals surface area (Å²) in [6.45, 7) is 1.57. The lowest BCUT2D eigenvalue weighted by molar-refractivity contribution is -0.134. The molecule has 0 saturated heterocycles. The van der Waals surface area contributed by atoms with Crippen molar-refractivity contribution in [3.05, 3.63) is 29.8 Å². The third kappa shape index (κ3) is 5.20. The molecular weight excluding hydrogens is 307 g/mol. The van der Waals surface area contributed by atoms with E-state index in [0.29, 0.717) is 5.56 Å². The lowest BCUT2D eigenvalue weighted by Crippen LogP contribution is -2.32. The SMILES string of the molecule is CC(c1ccccc1O)N(C)S(=O)(=O)CCCC(F)(F)F. The third-order valence-electron chi connectivity index (χ3n) is 3.23. The van der Waals surface area contributed by atoms with Crippen LogP contribution in [0.4, 0.5) is 13.2 Å². The van der Waals surface area contributed by atoms with Gasteiger partial charge in [0.1, 0.15) is 5.75 Å². The average molecular weight is 325 g/mol. The number of alkyl halides is 3. The van der Waals surface area contributed by atoms with Crippen molar-refractivity contribution >= 4 is 10.0 Å². The zero-order valence-electron chi connectivity index (χ0n) is 11.8. The van der Waals surface area contributed by atoms with E-state index < -0.39 is 40.8 Å². The van der Waals surface area contributed by atoms with Gasteiger partial charge in [-0.3, -0.25) is 0 Å². The molecule has 0 saturated carbocycles. The zero-order chi connectivity index (χ0) is 16.3. The molecule has 0 fully saturated rings. The summed E-state index contributed by atoms with van der Waals surface area (Å²) in [7, 11) is -2.53. The molecule has 0 aliphatic rings. The van der Waals surface area contributed by atoms with E-state index in [0.717, 1.165) is 4.31 Å². The van der Waals surface area contributed by atoms with Gasteiger partial charge in [-0.25, -0.2) is 8.42 Å². The number of hydrogen-bond donors (Lipinski definition) is 1. The van der Waals surface area contributed by atoms with Gasteiger partial charge in [0.15, 0.2) is 0 Å². The summed E-state index contributed by atoms with van der Waals surface area (Å²) in [5, 5.41) is 9.71. The molecule has 0 aliphatic heterocycles. The fraction of sp³-hybridized carbons (Fsp3) is 0.538. The molecule has 1 aromatic rings. The average Bonchev–Trinajstić information content (AvgIpc) is 2.35. The number of phenolic OH excluding ortho intramolecular Hbond substituents is 1. The van der Waals surface area contributed by atoms with E-state index in [-0.39, 0.29) is 5.75 Å². The summed E-state index contributed by atoms with van der Waals surface area (Å²) < 4.78 is 61.2. The van der Waals surface area contributed by atoms with Crippen molar-refractivity contribution in [3.63, 3.8) is 0 Å². The first kappa shape index (κ1) is 17.8. The first-order valence-corrected chi connectivity index (χ1v) is 7.96. The summed E-state index contributed by atoms with van der Waals surface area (Å²) in [6.07, 6.45) is -5.98. The molecule has 0 amide bonds. The molecule has 0 bridgehead atoms. The first-order valence-electron chi connectivity index (χ1n) is 6.35. The second kappa shape index (κ2) is 6.65. The molecule has 21 heavy (non-hydrogen) atoms. The quantitative estimate of drug-likeness (QED) is 0.874. The summed E-state index contributed by atoms with van der Waals surface area (Å²) in [6, 6.07) is 5.58. The molecular formula is C13H18F3NO3S. The Balaban J connectivity index is 2.77. The number of sulfonamides is 1. The molecule has 0 aliphatic carbocycles. The highest BCUT2D eigenvalue weighted by Gasteiger charge is 2.30. The number of aromatic hydroxyl groups is 1. The number of phenols is 1. The van der Waals surface area contributed by atoms with E-state index in [1.807, 2.05) is 0 Å². The van der Waals surface area contributed by atoms with E-state index in [1.165, 1.54) is 13.1 Å². The molecule has 8 heteroatoms. The molecule has 4 nitrogen and oxygen atoms in total. The number of para-hydroxylation sites is 1. The predicted octanol–water partition coefficient (Wildman–Crippen LogP) is 3.06. The Hall–Kier alpha value is -1.28. The summed E-state index contributed by atoms with van der Waals surface area (Å²) in [5.41, 5.74) is 0.402. The van der Waals surface area contributed by atoms with Crippen LogP contribution in [0.2, 0.25) is 0 Å². The Labute approximate surface area is 122 Å². The number of nitrogens with zero attached hydrogens (tertiary/aromatic N) is 1. The van der Waals surface area contributed by atoms with E-state index >= 15 is 0 Å². The van der Waals surface area contributed by atoms with Gasteiger partial charge >= 0.3 is 6.18 Å². The van der Waals surface area contributed by atoms with Crippen LogP contribution in [0.5, 0.6) is 5.75 Å². The minimum atomic E-state index is -4.36. The molecule has 0 spiro atoms. The van der Waals surface area contributed by atoms with Crippen molar-refractivity contribution in [1.82, 2.24) is 4.31 Å². The fourth-order valence-electron chi connectivity index (χ4n) is 1.88. The van der Waals surface area contributed by atoms with Gasteiger partial charge in [-0.15, -0.1) is 0 Å². The molecule has 0 heterocycles. The standard InChI is InChI=1S/C13H18F3NO3S/c1-10(11-6-3-4-7-12(11)18)17(2)21(19,20)9-5-8-13(14,15)16/h3-4,6-7,10,18H,5,8-9H2,1-2H3. The van der Waals surface area contributed by atoms with Gasteiger partial charge in [0.25, 0.3) is 0 Å².